The normalized spacial score (nSPS) is 14.0. The number of nitrogens with zero attached hydrogens (tertiary/aromatic N) is 4. The van der Waals surface area contributed by atoms with Crippen molar-refractivity contribution < 1.29 is 9.59 Å². The first-order valence-electron chi connectivity index (χ1n) is 10.9. The Morgan fingerprint density at radius 2 is 1.31 bits per heavy atom. The largest absolute Gasteiger partial charge is 0.335 e. The number of rotatable bonds is 4. The van der Waals surface area contributed by atoms with Gasteiger partial charge in [0.25, 0.3) is 11.8 Å². The lowest BCUT2D eigenvalue weighted by Crippen LogP contribution is -2.50. The van der Waals surface area contributed by atoms with Crippen molar-refractivity contribution >= 4 is 27.7 Å². The summed E-state index contributed by atoms with van der Waals surface area (Å²) in [5, 5.41) is 4.54. The van der Waals surface area contributed by atoms with Gasteiger partial charge >= 0.3 is 0 Å². The van der Waals surface area contributed by atoms with Gasteiger partial charge in [0.1, 0.15) is 0 Å². The third kappa shape index (κ3) is 4.35. The highest BCUT2D eigenvalue weighted by atomic mass is 79.9. The van der Waals surface area contributed by atoms with E-state index in [1.165, 1.54) is 5.56 Å². The molecule has 1 fully saturated rings. The fourth-order valence-electron chi connectivity index (χ4n) is 3.98. The monoisotopic (exact) mass is 494 g/mol. The van der Waals surface area contributed by atoms with E-state index in [-0.39, 0.29) is 11.8 Å². The van der Waals surface area contributed by atoms with Gasteiger partial charge in [-0.05, 0) is 78.2 Å². The molecular weight excluding hydrogens is 468 g/mol. The Morgan fingerprint density at radius 1 is 0.844 bits per heavy atom. The summed E-state index contributed by atoms with van der Waals surface area (Å²) in [6.45, 7) is 8.20. The maximum Gasteiger partial charge on any atom is 0.253 e. The number of hydrogen-bond acceptors (Lipinski definition) is 3. The van der Waals surface area contributed by atoms with Crippen LogP contribution in [0.15, 0.2) is 53.0 Å². The minimum Gasteiger partial charge on any atom is -0.335 e. The number of amides is 2. The van der Waals surface area contributed by atoms with Crippen LogP contribution < -0.4 is 0 Å². The molecule has 0 saturated carbocycles. The molecule has 0 N–H and O–H groups in total. The van der Waals surface area contributed by atoms with E-state index < -0.39 is 0 Å². The highest BCUT2D eigenvalue weighted by Gasteiger charge is 2.25. The first-order valence-corrected chi connectivity index (χ1v) is 11.7. The molecule has 1 aliphatic rings. The van der Waals surface area contributed by atoms with Crippen molar-refractivity contribution in [2.75, 3.05) is 26.2 Å². The number of halogens is 1. The number of carbonyl (C=O) groups excluding carboxylic acids is 2. The van der Waals surface area contributed by atoms with Gasteiger partial charge < -0.3 is 9.80 Å². The summed E-state index contributed by atoms with van der Waals surface area (Å²) in [7, 11) is 0. The topological polar surface area (TPSA) is 58.4 Å². The van der Waals surface area contributed by atoms with Crippen LogP contribution in [0.4, 0.5) is 0 Å². The summed E-state index contributed by atoms with van der Waals surface area (Å²) in [4.78, 5) is 29.4. The van der Waals surface area contributed by atoms with Crippen LogP contribution in [0.25, 0.3) is 5.69 Å². The summed E-state index contributed by atoms with van der Waals surface area (Å²) in [6.07, 6.45) is 0.953. The predicted molar refractivity (Wildman–Crippen MR) is 128 cm³/mol. The summed E-state index contributed by atoms with van der Waals surface area (Å²) in [6, 6.07) is 15.3. The number of benzene rings is 2. The van der Waals surface area contributed by atoms with Gasteiger partial charge in [-0.2, -0.15) is 5.10 Å². The molecule has 1 saturated heterocycles. The van der Waals surface area contributed by atoms with Gasteiger partial charge in [-0.1, -0.05) is 19.1 Å². The van der Waals surface area contributed by atoms with E-state index in [9.17, 15) is 9.59 Å². The zero-order valence-electron chi connectivity index (χ0n) is 18.6. The Balaban J connectivity index is 1.38. The Kier molecular flexibility index (Phi) is 6.46. The zero-order valence-corrected chi connectivity index (χ0v) is 20.2. The SMILES string of the molecule is CCc1ccc(C(=O)N2CCN(C(=O)c3ccc(-n4nc(C)c(Br)c4C)cc3)CC2)cc1. The average molecular weight is 495 g/mol. The molecule has 0 aliphatic carbocycles. The van der Waals surface area contributed by atoms with Gasteiger partial charge in [-0.3, -0.25) is 9.59 Å². The van der Waals surface area contributed by atoms with Gasteiger partial charge in [-0.25, -0.2) is 4.68 Å². The number of carbonyl (C=O) groups is 2. The van der Waals surface area contributed by atoms with Gasteiger partial charge in [0.2, 0.25) is 0 Å². The maximum absolute atomic E-state index is 13.0. The van der Waals surface area contributed by atoms with Crippen LogP contribution in [0.2, 0.25) is 0 Å². The van der Waals surface area contributed by atoms with Crippen LogP contribution in [0.1, 0.15) is 44.6 Å². The average Bonchev–Trinajstić information content (AvgIpc) is 3.10. The lowest BCUT2D eigenvalue weighted by Gasteiger charge is -2.35. The second-order valence-electron chi connectivity index (χ2n) is 8.08. The van der Waals surface area contributed by atoms with Gasteiger partial charge in [0.05, 0.1) is 21.5 Å². The molecule has 0 atom stereocenters. The van der Waals surface area contributed by atoms with E-state index in [0.29, 0.717) is 37.3 Å². The van der Waals surface area contributed by atoms with Crippen LogP contribution in [-0.4, -0.2) is 57.6 Å². The number of hydrogen-bond donors (Lipinski definition) is 0. The van der Waals surface area contributed by atoms with E-state index in [4.69, 9.17) is 0 Å². The van der Waals surface area contributed by atoms with Crippen LogP contribution in [0.5, 0.6) is 0 Å². The maximum atomic E-state index is 13.0. The number of aromatic nitrogens is 2. The Hall–Kier alpha value is -2.93. The molecule has 32 heavy (non-hydrogen) atoms. The molecule has 166 valence electrons. The van der Waals surface area contributed by atoms with Crippen molar-refractivity contribution in [1.82, 2.24) is 19.6 Å². The molecule has 1 aliphatic heterocycles. The molecule has 7 heteroatoms. The van der Waals surface area contributed by atoms with Gasteiger partial charge in [-0.15, -0.1) is 0 Å². The van der Waals surface area contributed by atoms with E-state index >= 15 is 0 Å². The van der Waals surface area contributed by atoms with E-state index in [1.54, 1.807) is 0 Å². The standard InChI is InChI=1S/C25H27BrN4O2/c1-4-19-5-7-20(8-6-19)24(31)28-13-15-29(16-14-28)25(32)21-9-11-22(12-10-21)30-18(3)23(26)17(2)27-30/h5-12H,4,13-16H2,1-3H3. The van der Waals surface area contributed by atoms with Crippen molar-refractivity contribution in [1.29, 1.82) is 0 Å². The Morgan fingerprint density at radius 3 is 1.72 bits per heavy atom. The number of aryl methyl sites for hydroxylation is 2. The second kappa shape index (κ2) is 9.28. The molecule has 3 aromatic rings. The summed E-state index contributed by atoms with van der Waals surface area (Å²) in [5.74, 6) is 0.0191. The summed E-state index contributed by atoms with van der Waals surface area (Å²) < 4.78 is 2.86. The van der Waals surface area contributed by atoms with Crippen molar-refractivity contribution in [2.24, 2.45) is 0 Å². The molecule has 4 rings (SSSR count). The second-order valence-corrected chi connectivity index (χ2v) is 8.87. The molecule has 2 amide bonds. The third-order valence-corrected chi connectivity index (χ3v) is 7.17. The molecule has 6 nitrogen and oxygen atoms in total. The lowest BCUT2D eigenvalue weighted by molar-refractivity contribution is 0.0535. The highest BCUT2D eigenvalue weighted by Crippen LogP contribution is 2.23. The minimum atomic E-state index is -0.00880. The van der Waals surface area contributed by atoms with Crippen LogP contribution in [-0.2, 0) is 6.42 Å². The van der Waals surface area contributed by atoms with Gasteiger partial charge in [0.15, 0.2) is 0 Å². The molecule has 2 heterocycles. The van der Waals surface area contributed by atoms with Crippen LogP contribution >= 0.6 is 15.9 Å². The minimum absolute atomic E-state index is 0.00880. The molecule has 0 bridgehead atoms. The molecule has 0 unspecified atom stereocenters. The predicted octanol–water partition coefficient (Wildman–Crippen LogP) is 4.41. The quantitative estimate of drug-likeness (QED) is 0.539. The smallest absolute Gasteiger partial charge is 0.253 e. The fraction of sp³-hybridized carbons (Fsp3) is 0.320. The highest BCUT2D eigenvalue weighted by molar-refractivity contribution is 9.10. The number of piperazine rings is 1. The Labute approximate surface area is 197 Å². The molecule has 0 spiro atoms. The third-order valence-electron chi connectivity index (χ3n) is 6.03. The van der Waals surface area contributed by atoms with E-state index in [0.717, 1.165) is 28.0 Å². The molecule has 1 aromatic heterocycles. The van der Waals surface area contributed by atoms with Crippen molar-refractivity contribution in [2.45, 2.75) is 27.2 Å². The summed E-state index contributed by atoms with van der Waals surface area (Å²) >= 11 is 3.55. The van der Waals surface area contributed by atoms with E-state index in [1.807, 2.05) is 76.9 Å². The first kappa shape index (κ1) is 22.3. The van der Waals surface area contributed by atoms with Crippen LogP contribution in [0.3, 0.4) is 0 Å². The van der Waals surface area contributed by atoms with E-state index in [2.05, 4.69) is 28.0 Å². The van der Waals surface area contributed by atoms with Crippen molar-refractivity contribution in [3.63, 3.8) is 0 Å². The first-order chi connectivity index (χ1) is 15.4. The van der Waals surface area contributed by atoms with Crippen molar-refractivity contribution in [3.8, 4) is 5.69 Å². The van der Waals surface area contributed by atoms with Crippen LogP contribution in [0, 0.1) is 13.8 Å². The fourth-order valence-corrected chi connectivity index (χ4v) is 4.23. The molecular formula is C25H27BrN4O2. The van der Waals surface area contributed by atoms with Gasteiger partial charge in [0, 0.05) is 37.3 Å². The Bertz CT molecular complexity index is 1130. The molecule has 2 aromatic carbocycles. The summed E-state index contributed by atoms with van der Waals surface area (Å²) in [5.41, 5.74) is 5.42. The van der Waals surface area contributed by atoms with Crippen molar-refractivity contribution in [3.05, 3.63) is 81.1 Å². The lowest BCUT2D eigenvalue weighted by atomic mass is 10.1. The molecule has 0 radical (unpaired) electrons. The zero-order chi connectivity index (χ0) is 22.8.